The lowest BCUT2D eigenvalue weighted by molar-refractivity contribution is -0.0441. The molecule has 2 unspecified atom stereocenters. The molecule has 0 spiro atoms. The average Bonchev–Trinajstić information content (AvgIpc) is 3.48. The Morgan fingerprint density at radius 2 is 2.09 bits per heavy atom. The lowest BCUT2D eigenvalue weighted by Crippen LogP contribution is -2.53. The molecule has 5 rings (SSSR count). The third kappa shape index (κ3) is 3.73. The first-order valence-corrected chi connectivity index (χ1v) is 10.8. The van der Waals surface area contributed by atoms with Crippen molar-refractivity contribution in [1.29, 1.82) is 0 Å². The van der Waals surface area contributed by atoms with E-state index in [1.165, 1.54) is 19.2 Å². The van der Waals surface area contributed by atoms with E-state index in [0.717, 1.165) is 18.4 Å². The first-order chi connectivity index (χ1) is 15.6. The number of likely N-dealkylation sites (tertiary alicyclic amines) is 1. The number of aromatic nitrogens is 1. The van der Waals surface area contributed by atoms with Crippen LogP contribution < -0.4 is 9.47 Å². The molecule has 2 aliphatic heterocycles. The molecule has 3 aliphatic rings. The van der Waals surface area contributed by atoms with Gasteiger partial charge >= 0.3 is 0 Å². The van der Waals surface area contributed by atoms with Crippen LogP contribution in [0.1, 0.15) is 35.3 Å². The summed E-state index contributed by atoms with van der Waals surface area (Å²) in [5.41, 5.74) is 0.252. The van der Waals surface area contributed by atoms with Gasteiger partial charge in [-0.1, -0.05) is 24.3 Å². The Hall–Kier alpha value is -2.97. The van der Waals surface area contributed by atoms with Crippen LogP contribution in [-0.4, -0.2) is 55.0 Å². The van der Waals surface area contributed by atoms with Crippen LogP contribution in [0, 0.1) is 5.82 Å². The normalized spacial score (nSPS) is 25.1. The van der Waals surface area contributed by atoms with Crippen molar-refractivity contribution in [3.8, 4) is 11.6 Å². The van der Waals surface area contributed by atoms with Gasteiger partial charge < -0.3 is 23.8 Å². The zero-order valence-electron chi connectivity index (χ0n) is 17.8. The molecule has 1 aromatic carbocycles. The van der Waals surface area contributed by atoms with Crippen molar-refractivity contribution in [3.05, 3.63) is 65.6 Å². The van der Waals surface area contributed by atoms with E-state index < -0.39 is 5.60 Å². The number of rotatable bonds is 5. The fraction of sp³-hybridized carbons (Fsp3) is 0.417. The second kappa shape index (κ2) is 8.52. The van der Waals surface area contributed by atoms with Crippen molar-refractivity contribution in [2.75, 3.05) is 27.0 Å². The number of halogens is 1. The minimum atomic E-state index is -0.753. The van der Waals surface area contributed by atoms with Crippen LogP contribution in [0.2, 0.25) is 0 Å². The quantitative estimate of drug-likeness (QED) is 0.664. The molecule has 32 heavy (non-hydrogen) atoms. The number of fused-ring (bicyclic) bond motifs is 1. The molecule has 2 atom stereocenters. The van der Waals surface area contributed by atoms with E-state index in [2.05, 4.69) is 17.1 Å². The average molecular weight is 440 g/mol. The standard InChI is InChI=1S/C24H25FN2O5/c1-29-22-20(32-18-7-2-3-8-18)10-9-19(26-22)23(28)27-12-11-24(21(14-27)30-15-31-24)16-5-4-6-17(25)13-16/h2-6,9-10,13,18,21H,7-8,11-12,14-15H2,1H3. The van der Waals surface area contributed by atoms with E-state index in [9.17, 15) is 9.18 Å². The molecular formula is C24H25FN2O5. The van der Waals surface area contributed by atoms with Crippen molar-refractivity contribution < 1.29 is 28.1 Å². The molecule has 168 valence electrons. The molecule has 3 heterocycles. The Labute approximate surface area is 185 Å². The molecule has 0 saturated carbocycles. The molecule has 7 nitrogen and oxygen atoms in total. The molecule has 8 heteroatoms. The zero-order valence-corrected chi connectivity index (χ0v) is 17.8. The van der Waals surface area contributed by atoms with E-state index in [1.807, 2.05) is 6.07 Å². The van der Waals surface area contributed by atoms with Crippen molar-refractivity contribution >= 4 is 5.91 Å². The molecule has 0 bridgehead atoms. The molecule has 0 N–H and O–H groups in total. The maximum Gasteiger partial charge on any atom is 0.272 e. The highest BCUT2D eigenvalue weighted by molar-refractivity contribution is 5.92. The number of carbonyl (C=O) groups excluding carboxylic acids is 1. The van der Waals surface area contributed by atoms with Gasteiger partial charge in [-0.2, -0.15) is 0 Å². The lowest BCUT2D eigenvalue weighted by Gasteiger charge is -2.41. The van der Waals surface area contributed by atoms with Crippen LogP contribution in [0.3, 0.4) is 0 Å². The molecule has 1 aromatic heterocycles. The molecule has 2 saturated heterocycles. The Morgan fingerprint density at radius 1 is 1.25 bits per heavy atom. The number of piperidine rings is 1. The summed E-state index contributed by atoms with van der Waals surface area (Å²) in [4.78, 5) is 19.3. The summed E-state index contributed by atoms with van der Waals surface area (Å²) in [6, 6.07) is 9.77. The van der Waals surface area contributed by atoms with E-state index in [-0.39, 0.29) is 42.3 Å². The number of amides is 1. The van der Waals surface area contributed by atoms with Gasteiger partial charge in [0.15, 0.2) is 5.75 Å². The van der Waals surface area contributed by atoms with Crippen molar-refractivity contribution in [3.63, 3.8) is 0 Å². The number of methoxy groups -OCH3 is 1. The highest BCUT2D eigenvalue weighted by atomic mass is 19.1. The van der Waals surface area contributed by atoms with Crippen molar-refractivity contribution in [2.24, 2.45) is 0 Å². The van der Waals surface area contributed by atoms with Gasteiger partial charge in [-0.05, 0) is 29.8 Å². The van der Waals surface area contributed by atoms with Gasteiger partial charge in [0, 0.05) is 25.8 Å². The summed E-state index contributed by atoms with van der Waals surface area (Å²) in [5, 5.41) is 0. The van der Waals surface area contributed by atoms with Crippen molar-refractivity contribution in [1.82, 2.24) is 9.88 Å². The fourth-order valence-corrected chi connectivity index (χ4v) is 4.64. The number of pyridine rings is 1. The van der Waals surface area contributed by atoms with Gasteiger partial charge in [0.1, 0.15) is 36.1 Å². The van der Waals surface area contributed by atoms with Crippen LogP contribution in [0.5, 0.6) is 11.6 Å². The summed E-state index contributed by atoms with van der Waals surface area (Å²) in [6.45, 7) is 0.869. The van der Waals surface area contributed by atoms with Gasteiger partial charge in [-0.15, -0.1) is 0 Å². The van der Waals surface area contributed by atoms with Crippen LogP contribution >= 0.6 is 0 Å². The molecule has 2 fully saturated rings. The number of nitrogens with zero attached hydrogens (tertiary/aromatic N) is 2. The number of ether oxygens (including phenoxy) is 4. The smallest absolute Gasteiger partial charge is 0.272 e. The highest BCUT2D eigenvalue weighted by Gasteiger charge is 2.51. The number of carbonyl (C=O) groups is 1. The molecular weight excluding hydrogens is 415 g/mol. The van der Waals surface area contributed by atoms with Crippen LogP contribution in [-0.2, 0) is 15.1 Å². The predicted octanol–water partition coefficient (Wildman–Crippen LogP) is 3.44. The Morgan fingerprint density at radius 3 is 2.88 bits per heavy atom. The van der Waals surface area contributed by atoms with Crippen molar-refractivity contribution in [2.45, 2.75) is 37.1 Å². The lowest BCUT2D eigenvalue weighted by atomic mass is 9.82. The fourth-order valence-electron chi connectivity index (χ4n) is 4.64. The third-order valence-corrected chi connectivity index (χ3v) is 6.34. The summed E-state index contributed by atoms with van der Waals surface area (Å²) in [7, 11) is 1.51. The van der Waals surface area contributed by atoms with Gasteiger partial charge in [-0.25, -0.2) is 9.37 Å². The Bertz CT molecular complexity index is 1040. The SMILES string of the molecule is COc1nc(C(=O)N2CCC3(c4cccc(F)c4)OCOC3C2)ccc1OC1CC=CC1. The van der Waals surface area contributed by atoms with E-state index in [1.54, 1.807) is 23.1 Å². The second-order valence-corrected chi connectivity index (χ2v) is 8.21. The van der Waals surface area contributed by atoms with E-state index >= 15 is 0 Å². The van der Waals surface area contributed by atoms with Gasteiger partial charge in [0.05, 0.1) is 13.7 Å². The third-order valence-electron chi connectivity index (χ3n) is 6.34. The van der Waals surface area contributed by atoms with Gasteiger partial charge in [0.2, 0.25) is 0 Å². The minimum absolute atomic E-state index is 0.0600. The van der Waals surface area contributed by atoms with E-state index in [4.69, 9.17) is 18.9 Å². The number of hydrogen-bond donors (Lipinski definition) is 0. The summed E-state index contributed by atoms with van der Waals surface area (Å²) >= 11 is 0. The topological polar surface area (TPSA) is 70.1 Å². The molecule has 1 amide bonds. The number of benzene rings is 1. The minimum Gasteiger partial charge on any atom is -0.484 e. The maximum atomic E-state index is 13.8. The first kappa shape index (κ1) is 20.9. The van der Waals surface area contributed by atoms with Gasteiger partial charge in [0.25, 0.3) is 11.8 Å². The maximum absolute atomic E-state index is 13.8. The molecule has 2 aromatic rings. The Balaban J connectivity index is 1.32. The highest BCUT2D eigenvalue weighted by Crippen LogP contribution is 2.43. The summed E-state index contributed by atoms with van der Waals surface area (Å²) in [6.07, 6.45) is 6.02. The predicted molar refractivity (Wildman–Crippen MR) is 113 cm³/mol. The molecule has 0 radical (unpaired) electrons. The molecule has 1 aliphatic carbocycles. The monoisotopic (exact) mass is 440 g/mol. The van der Waals surface area contributed by atoms with Gasteiger partial charge in [-0.3, -0.25) is 4.79 Å². The second-order valence-electron chi connectivity index (χ2n) is 8.21. The zero-order chi connectivity index (χ0) is 22.1. The summed E-state index contributed by atoms with van der Waals surface area (Å²) < 4.78 is 36.9. The van der Waals surface area contributed by atoms with E-state index in [0.29, 0.717) is 25.3 Å². The summed E-state index contributed by atoms with van der Waals surface area (Å²) in [5.74, 6) is 0.265. The first-order valence-electron chi connectivity index (χ1n) is 10.8. The van der Waals surface area contributed by atoms with Crippen LogP contribution in [0.15, 0.2) is 48.6 Å². The largest absolute Gasteiger partial charge is 0.484 e. The van der Waals surface area contributed by atoms with Crippen LogP contribution in [0.4, 0.5) is 4.39 Å². The van der Waals surface area contributed by atoms with Crippen LogP contribution in [0.25, 0.3) is 0 Å². The Kier molecular flexibility index (Phi) is 5.57. The number of hydrogen-bond acceptors (Lipinski definition) is 6.